The molecule has 0 nitrogen and oxygen atoms in total. The fourth-order valence-corrected chi connectivity index (χ4v) is 9.23. The van der Waals surface area contributed by atoms with Crippen molar-refractivity contribution in [2.75, 3.05) is 0 Å². The van der Waals surface area contributed by atoms with Crippen LogP contribution in [0.5, 0.6) is 0 Å². The van der Waals surface area contributed by atoms with Crippen LogP contribution < -0.4 is 10.4 Å². The fourth-order valence-electron chi connectivity index (χ4n) is 7.92. The Bertz CT molecular complexity index is 2330. The Hall–Kier alpha value is -4.36. The van der Waals surface area contributed by atoms with E-state index in [0.717, 1.165) is 22.4 Å². The van der Waals surface area contributed by atoms with Crippen molar-refractivity contribution in [3.05, 3.63) is 180 Å². The maximum absolute atomic E-state index is 3.31. The molecule has 0 saturated heterocycles. The van der Waals surface area contributed by atoms with Gasteiger partial charge in [-0.3, -0.25) is 0 Å². The van der Waals surface area contributed by atoms with Crippen molar-refractivity contribution in [3.8, 4) is 33.4 Å². The van der Waals surface area contributed by atoms with Crippen LogP contribution in [0.3, 0.4) is 0 Å². The van der Waals surface area contributed by atoms with Crippen LogP contribution in [0.2, 0.25) is 0 Å². The van der Waals surface area contributed by atoms with Crippen LogP contribution >= 0.6 is 0 Å². The third-order valence-corrected chi connectivity index (χ3v) is 12.2. The second-order valence-electron chi connectivity index (χ2n) is 15.4. The molecule has 2 heteroatoms. The SMILES string of the molecule is CCCc1ccccc1-c1cccc2[cH-]c(C(C)C)cc12.CCCc1ccccc1-c1cccc2[cH-]c(C(C)C)cc12.[Zr+3].[c-]1cccc2c1[Si]c1ccccc1-2. The average Bonchev–Trinajstić information content (AvgIpc) is 3.95. The molecule has 0 spiro atoms. The van der Waals surface area contributed by atoms with Crippen LogP contribution in [-0.4, -0.2) is 9.52 Å². The molecule has 8 aromatic rings. The molecule has 0 aromatic heterocycles. The molecular formula is C54H53SiZr. The summed E-state index contributed by atoms with van der Waals surface area (Å²) in [6.07, 6.45) is 4.66. The predicted octanol–water partition coefficient (Wildman–Crippen LogP) is 13.7. The van der Waals surface area contributed by atoms with E-state index in [1.807, 2.05) is 6.07 Å². The first-order valence-corrected chi connectivity index (χ1v) is 21.3. The number of fused-ring (bicyclic) bond motifs is 5. The first-order chi connectivity index (χ1) is 26.9. The van der Waals surface area contributed by atoms with Gasteiger partial charge in [0.1, 0.15) is 0 Å². The molecule has 0 unspecified atom stereocenters. The van der Waals surface area contributed by atoms with Gasteiger partial charge in [0.2, 0.25) is 0 Å². The minimum Gasteiger partial charge on any atom is -0.184 e. The molecule has 56 heavy (non-hydrogen) atoms. The summed E-state index contributed by atoms with van der Waals surface area (Å²) in [4.78, 5) is 0. The first-order valence-electron chi connectivity index (χ1n) is 20.3. The van der Waals surface area contributed by atoms with Gasteiger partial charge in [-0.1, -0.05) is 161 Å². The van der Waals surface area contributed by atoms with E-state index in [4.69, 9.17) is 0 Å². The number of hydrogen-bond acceptors (Lipinski definition) is 0. The molecule has 0 bridgehead atoms. The van der Waals surface area contributed by atoms with Crippen molar-refractivity contribution in [2.24, 2.45) is 0 Å². The van der Waals surface area contributed by atoms with Crippen LogP contribution in [-0.2, 0) is 39.0 Å². The second kappa shape index (κ2) is 19.2. The van der Waals surface area contributed by atoms with Crippen LogP contribution in [0.25, 0.3) is 54.9 Å². The summed E-state index contributed by atoms with van der Waals surface area (Å²) in [5.41, 5.74) is 14.1. The molecule has 0 amide bonds. The Morgan fingerprint density at radius 1 is 0.500 bits per heavy atom. The summed E-state index contributed by atoms with van der Waals surface area (Å²) < 4.78 is 0. The minimum absolute atomic E-state index is 0. The third kappa shape index (κ3) is 9.09. The van der Waals surface area contributed by atoms with Gasteiger partial charge >= 0.3 is 26.2 Å². The number of benzene rings is 6. The van der Waals surface area contributed by atoms with Crippen molar-refractivity contribution >= 4 is 41.4 Å². The van der Waals surface area contributed by atoms with E-state index in [1.165, 1.54) is 100 Å². The zero-order chi connectivity index (χ0) is 38.3. The molecule has 1 heterocycles. The minimum atomic E-state index is 0. The van der Waals surface area contributed by atoms with Gasteiger partial charge in [0, 0.05) is 0 Å². The number of aryl methyl sites for hydroxylation is 2. The molecule has 0 N–H and O–H groups in total. The average molecular weight is 821 g/mol. The standard InChI is InChI=1S/2C21H23.C12H7Si.Zr/c2*1-4-8-16-9-5-6-11-19(16)20-12-7-10-17-13-18(15(2)3)14-21(17)20;1-3-7-11-9(5-1)10-6-2-4-8-12(10)13-11;/h2*5-7,9-15H,4,8H2,1-3H3;1-7H;/q3*-1;+3. The molecule has 1 aliphatic heterocycles. The summed E-state index contributed by atoms with van der Waals surface area (Å²) in [5, 5.41) is 8.34. The molecule has 277 valence electrons. The van der Waals surface area contributed by atoms with Gasteiger partial charge in [0.15, 0.2) is 0 Å². The fraction of sp³-hybridized carbons (Fsp3) is 0.222. The Kier molecular flexibility index (Phi) is 14.1. The Labute approximate surface area is 357 Å². The van der Waals surface area contributed by atoms with Crippen molar-refractivity contribution in [1.29, 1.82) is 0 Å². The van der Waals surface area contributed by atoms with E-state index in [0.29, 0.717) is 11.8 Å². The van der Waals surface area contributed by atoms with Crippen molar-refractivity contribution in [2.45, 2.75) is 79.1 Å². The van der Waals surface area contributed by atoms with E-state index in [2.05, 4.69) is 193 Å². The number of hydrogen-bond donors (Lipinski definition) is 0. The largest absolute Gasteiger partial charge is 3.00 e. The van der Waals surface area contributed by atoms with Crippen molar-refractivity contribution in [1.82, 2.24) is 0 Å². The normalized spacial score (nSPS) is 11.4. The quantitative estimate of drug-likeness (QED) is 0.106. The summed E-state index contributed by atoms with van der Waals surface area (Å²) in [6, 6.07) is 58.6. The van der Waals surface area contributed by atoms with Crippen LogP contribution in [0, 0.1) is 6.07 Å². The van der Waals surface area contributed by atoms with Crippen LogP contribution in [0.1, 0.15) is 88.5 Å². The van der Waals surface area contributed by atoms with E-state index in [-0.39, 0.29) is 26.2 Å². The van der Waals surface area contributed by atoms with E-state index < -0.39 is 0 Å². The van der Waals surface area contributed by atoms with E-state index >= 15 is 0 Å². The van der Waals surface area contributed by atoms with Gasteiger partial charge in [-0.2, -0.15) is 41.6 Å². The summed E-state index contributed by atoms with van der Waals surface area (Å²) in [5.74, 6) is 1.16. The van der Waals surface area contributed by atoms with Crippen LogP contribution in [0.15, 0.2) is 152 Å². The maximum atomic E-state index is 3.31. The molecular weight excluding hydrogens is 768 g/mol. The van der Waals surface area contributed by atoms with E-state index in [1.54, 1.807) is 0 Å². The molecule has 0 saturated carbocycles. The van der Waals surface area contributed by atoms with Gasteiger partial charge in [-0.15, -0.1) is 74.6 Å². The molecule has 0 atom stereocenters. The van der Waals surface area contributed by atoms with Gasteiger partial charge in [0.25, 0.3) is 0 Å². The molecule has 0 fully saturated rings. The molecule has 3 radical (unpaired) electrons. The smallest absolute Gasteiger partial charge is 0.184 e. The molecule has 8 aromatic carbocycles. The Morgan fingerprint density at radius 3 is 1.45 bits per heavy atom. The molecule has 1 aliphatic rings. The zero-order valence-electron chi connectivity index (χ0n) is 33.9. The van der Waals surface area contributed by atoms with E-state index in [9.17, 15) is 0 Å². The topological polar surface area (TPSA) is 0 Å². The Balaban J connectivity index is 0.000000145. The van der Waals surface area contributed by atoms with Gasteiger partial charge in [0.05, 0.1) is 9.52 Å². The second-order valence-corrected chi connectivity index (χ2v) is 16.7. The monoisotopic (exact) mass is 819 g/mol. The van der Waals surface area contributed by atoms with Gasteiger partial charge in [-0.25, -0.2) is 0 Å². The summed E-state index contributed by atoms with van der Waals surface area (Å²) in [6.45, 7) is 13.5. The molecule has 9 rings (SSSR count). The predicted molar refractivity (Wildman–Crippen MR) is 242 cm³/mol. The van der Waals surface area contributed by atoms with Crippen molar-refractivity contribution in [3.63, 3.8) is 0 Å². The van der Waals surface area contributed by atoms with Gasteiger partial charge < -0.3 is 0 Å². The van der Waals surface area contributed by atoms with Crippen LogP contribution in [0.4, 0.5) is 0 Å². The zero-order valence-corrected chi connectivity index (χ0v) is 37.4. The maximum Gasteiger partial charge on any atom is 3.00 e. The van der Waals surface area contributed by atoms with Gasteiger partial charge in [-0.05, 0) is 46.9 Å². The summed E-state index contributed by atoms with van der Waals surface area (Å²) in [7, 11) is 0.795. The molecule has 0 aliphatic carbocycles. The summed E-state index contributed by atoms with van der Waals surface area (Å²) >= 11 is 0. The van der Waals surface area contributed by atoms with Crippen molar-refractivity contribution < 1.29 is 26.2 Å². The third-order valence-electron chi connectivity index (χ3n) is 10.9. The number of rotatable bonds is 8. The Morgan fingerprint density at radius 2 is 0.946 bits per heavy atom. The first kappa shape index (κ1) is 41.3.